The number of ether oxygens (including phenoxy) is 3. The summed E-state index contributed by atoms with van der Waals surface area (Å²) < 4.78 is 16.8. The van der Waals surface area contributed by atoms with Gasteiger partial charge in [-0.15, -0.1) is 0 Å². The van der Waals surface area contributed by atoms with Crippen molar-refractivity contribution in [1.82, 2.24) is 10.2 Å². The molecule has 0 bridgehead atoms. The molecule has 29 heavy (non-hydrogen) atoms. The maximum absolute atomic E-state index is 12.8. The number of amides is 1. The van der Waals surface area contributed by atoms with E-state index in [0.29, 0.717) is 18.0 Å². The molecule has 2 aromatic rings. The fourth-order valence-electron chi connectivity index (χ4n) is 3.97. The minimum atomic E-state index is -0.636. The lowest BCUT2D eigenvalue weighted by molar-refractivity contribution is -0.130. The molecule has 2 aromatic carbocycles. The Morgan fingerprint density at radius 3 is 2.55 bits per heavy atom. The van der Waals surface area contributed by atoms with Crippen LogP contribution < -0.4 is 19.5 Å². The first-order chi connectivity index (χ1) is 14.2. The number of benzene rings is 2. The van der Waals surface area contributed by atoms with Crippen molar-refractivity contribution in [2.75, 3.05) is 33.4 Å². The lowest BCUT2D eigenvalue weighted by Gasteiger charge is -2.35. The summed E-state index contributed by atoms with van der Waals surface area (Å²) in [5.74, 6) is 1.99. The summed E-state index contributed by atoms with van der Waals surface area (Å²) in [6.07, 6.45) is 3.02. The molecule has 2 aliphatic rings. The standard InChI is InChI=1S/C23H28N2O4/c1-27-18-11-9-17(10-12-18)19(25-13-5-2-6-14-25)15-24-23(26)22-16-28-20-7-3-4-8-21(20)29-22/h3-4,7-12,19,22H,2,5-6,13-16H2,1H3,(H,24,26)/t19-,22-/m0/s1. The number of fused-ring (bicyclic) bond motifs is 1. The lowest BCUT2D eigenvalue weighted by atomic mass is 10.0. The molecule has 1 amide bonds. The second kappa shape index (κ2) is 9.18. The lowest BCUT2D eigenvalue weighted by Crippen LogP contribution is -2.47. The molecule has 0 unspecified atom stereocenters. The smallest absolute Gasteiger partial charge is 0.264 e. The highest BCUT2D eigenvalue weighted by Gasteiger charge is 2.29. The number of nitrogens with zero attached hydrogens (tertiary/aromatic N) is 1. The number of hydrogen-bond donors (Lipinski definition) is 1. The van der Waals surface area contributed by atoms with Gasteiger partial charge in [-0.1, -0.05) is 30.7 Å². The number of rotatable bonds is 6. The van der Waals surface area contributed by atoms with Gasteiger partial charge < -0.3 is 19.5 Å². The summed E-state index contributed by atoms with van der Waals surface area (Å²) in [6.45, 7) is 2.85. The highest BCUT2D eigenvalue weighted by atomic mass is 16.6. The van der Waals surface area contributed by atoms with E-state index in [1.807, 2.05) is 36.4 Å². The fourth-order valence-corrected chi connectivity index (χ4v) is 3.97. The second-order valence-corrected chi connectivity index (χ2v) is 7.49. The molecule has 0 aliphatic carbocycles. The SMILES string of the molecule is COc1ccc([C@H](CNC(=O)[C@@H]2COc3ccccc3O2)N2CCCCC2)cc1. The Hall–Kier alpha value is -2.73. The van der Waals surface area contributed by atoms with Gasteiger partial charge in [0.05, 0.1) is 13.2 Å². The van der Waals surface area contributed by atoms with Crippen LogP contribution in [-0.2, 0) is 4.79 Å². The Labute approximate surface area is 171 Å². The number of hydrogen-bond acceptors (Lipinski definition) is 5. The van der Waals surface area contributed by atoms with E-state index in [4.69, 9.17) is 14.2 Å². The van der Waals surface area contributed by atoms with Gasteiger partial charge in [-0.05, 0) is 55.8 Å². The first-order valence-electron chi connectivity index (χ1n) is 10.3. The molecule has 2 aliphatic heterocycles. The van der Waals surface area contributed by atoms with Gasteiger partial charge in [0.25, 0.3) is 5.91 Å². The van der Waals surface area contributed by atoms with Crippen molar-refractivity contribution in [3.63, 3.8) is 0 Å². The summed E-state index contributed by atoms with van der Waals surface area (Å²) in [6, 6.07) is 15.7. The van der Waals surface area contributed by atoms with Gasteiger partial charge in [-0.25, -0.2) is 0 Å². The van der Waals surface area contributed by atoms with Crippen LogP contribution in [0.5, 0.6) is 17.2 Å². The van der Waals surface area contributed by atoms with Gasteiger partial charge in [0.1, 0.15) is 12.4 Å². The van der Waals surface area contributed by atoms with Gasteiger partial charge in [-0.3, -0.25) is 9.69 Å². The summed E-state index contributed by atoms with van der Waals surface area (Å²) in [4.78, 5) is 15.2. The molecule has 2 heterocycles. The van der Waals surface area contributed by atoms with Crippen LogP contribution in [0.1, 0.15) is 30.9 Å². The molecular formula is C23H28N2O4. The predicted octanol–water partition coefficient (Wildman–Crippen LogP) is 3.18. The first-order valence-corrected chi connectivity index (χ1v) is 10.3. The van der Waals surface area contributed by atoms with Gasteiger partial charge >= 0.3 is 0 Å². The van der Waals surface area contributed by atoms with E-state index in [-0.39, 0.29) is 18.6 Å². The molecule has 0 spiro atoms. The highest BCUT2D eigenvalue weighted by molar-refractivity contribution is 5.81. The molecule has 154 valence electrons. The van der Waals surface area contributed by atoms with E-state index >= 15 is 0 Å². The number of carbonyl (C=O) groups excluding carboxylic acids is 1. The largest absolute Gasteiger partial charge is 0.497 e. The Bertz CT molecular complexity index is 818. The normalized spacial score (nSPS) is 20.0. The molecule has 0 radical (unpaired) electrons. The molecule has 0 saturated carbocycles. The Balaban J connectivity index is 1.42. The fraction of sp³-hybridized carbons (Fsp3) is 0.435. The number of carbonyl (C=O) groups is 1. The zero-order chi connectivity index (χ0) is 20.1. The zero-order valence-electron chi connectivity index (χ0n) is 16.8. The van der Waals surface area contributed by atoms with Crippen LogP contribution in [0.25, 0.3) is 0 Å². The van der Waals surface area contributed by atoms with Crippen LogP contribution >= 0.6 is 0 Å². The van der Waals surface area contributed by atoms with Crippen molar-refractivity contribution in [3.8, 4) is 17.2 Å². The maximum atomic E-state index is 12.8. The van der Waals surface area contributed by atoms with Crippen LogP contribution in [0.3, 0.4) is 0 Å². The van der Waals surface area contributed by atoms with Crippen molar-refractivity contribution < 1.29 is 19.0 Å². The predicted molar refractivity (Wildman–Crippen MR) is 111 cm³/mol. The highest BCUT2D eigenvalue weighted by Crippen LogP contribution is 2.31. The summed E-state index contributed by atoms with van der Waals surface area (Å²) >= 11 is 0. The molecule has 0 aromatic heterocycles. The van der Waals surface area contributed by atoms with E-state index in [2.05, 4.69) is 22.3 Å². The molecule has 1 N–H and O–H groups in total. The summed E-state index contributed by atoms with van der Waals surface area (Å²) in [7, 11) is 1.67. The van der Waals surface area contributed by atoms with Crippen LogP contribution in [0.15, 0.2) is 48.5 Å². The maximum Gasteiger partial charge on any atom is 0.264 e. The molecule has 4 rings (SSSR count). The van der Waals surface area contributed by atoms with Crippen molar-refractivity contribution in [1.29, 1.82) is 0 Å². The number of para-hydroxylation sites is 2. The van der Waals surface area contributed by atoms with Crippen molar-refractivity contribution in [3.05, 3.63) is 54.1 Å². The molecular weight excluding hydrogens is 368 g/mol. The van der Waals surface area contributed by atoms with Crippen molar-refractivity contribution in [2.24, 2.45) is 0 Å². The van der Waals surface area contributed by atoms with Gasteiger partial charge in [-0.2, -0.15) is 0 Å². The molecule has 6 nitrogen and oxygen atoms in total. The summed E-state index contributed by atoms with van der Waals surface area (Å²) in [5.41, 5.74) is 1.18. The minimum Gasteiger partial charge on any atom is -0.497 e. The van der Waals surface area contributed by atoms with Gasteiger partial charge in [0.15, 0.2) is 11.5 Å². The quantitative estimate of drug-likeness (QED) is 0.813. The molecule has 6 heteroatoms. The average Bonchev–Trinajstić information content (AvgIpc) is 2.80. The van der Waals surface area contributed by atoms with Crippen molar-refractivity contribution in [2.45, 2.75) is 31.4 Å². The number of methoxy groups -OCH3 is 1. The number of piperidine rings is 1. The Kier molecular flexibility index (Phi) is 6.20. The number of nitrogens with one attached hydrogen (secondary N) is 1. The first kappa shape index (κ1) is 19.6. The third-order valence-corrected chi connectivity index (χ3v) is 5.60. The van der Waals surface area contributed by atoms with Crippen LogP contribution in [0.4, 0.5) is 0 Å². The molecule has 1 fully saturated rings. The van der Waals surface area contributed by atoms with Gasteiger partial charge in [0.2, 0.25) is 6.10 Å². The minimum absolute atomic E-state index is 0.127. The zero-order valence-corrected chi connectivity index (χ0v) is 16.8. The van der Waals surface area contributed by atoms with Gasteiger partial charge in [0, 0.05) is 6.54 Å². The van der Waals surface area contributed by atoms with Crippen LogP contribution in [0, 0.1) is 0 Å². The van der Waals surface area contributed by atoms with E-state index < -0.39 is 6.10 Å². The van der Waals surface area contributed by atoms with E-state index in [9.17, 15) is 4.79 Å². The van der Waals surface area contributed by atoms with Crippen LogP contribution in [0.2, 0.25) is 0 Å². The molecule has 2 atom stereocenters. The Morgan fingerprint density at radius 2 is 1.83 bits per heavy atom. The van der Waals surface area contributed by atoms with Crippen molar-refractivity contribution >= 4 is 5.91 Å². The topological polar surface area (TPSA) is 60.0 Å². The third kappa shape index (κ3) is 4.65. The monoisotopic (exact) mass is 396 g/mol. The Morgan fingerprint density at radius 1 is 1.10 bits per heavy atom. The van der Waals surface area contributed by atoms with E-state index in [0.717, 1.165) is 18.8 Å². The molecule has 1 saturated heterocycles. The number of likely N-dealkylation sites (tertiary alicyclic amines) is 1. The average molecular weight is 396 g/mol. The third-order valence-electron chi connectivity index (χ3n) is 5.60. The second-order valence-electron chi connectivity index (χ2n) is 7.49. The van der Waals surface area contributed by atoms with E-state index in [1.165, 1.54) is 24.8 Å². The van der Waals surface area contributed by atoms with Crippen LogP contribution in [-0.4, -0.2) is 50.3 Å². The summed E-state index contributed by atoms with van der Waals surface area (Å²) in [5, 5.41) is 3.09. The van der Waals surface area contributed by atoms with E-state index in [1.54, 1.807) is 7.11 Å².